The Hall–Kier alpha value is -3.65. The molecule has 36 heavy (non-hydrogen) atoms. The van der Waals surface area contributed by atoms with Gasteiger partial charge in [0.2, 0.25) is 0 Å². The molecule has 0 aliphatic heterocycles. The molecule has 0 unspecified atom stereocenters. The molecule has 2 heterocycles. The molecule has 1 aliphatic rings. The minimum atomic E-state index is 1.02. The van der Waals surface area contributed by atoms with Crippen LogP contribution in [-0.4, -0.2) is 9.97 Å². The molecule has 2 aromatic heterocycles. The molecule has 0 atom stereocenters. The number of rotatable bonds is 3. The second-order valence-electron chi connectivity index (χ2n) is 10.3. The van der Waals surface area contributed by atoms with Gasteiger partial charge < -0.3 is 4.98 Å². The molecule has 0 amide bonds. The third-order valence-electron chi connectivity index (χ3n) is 7.37. The minimum Gasteiger partial charge on any atom is -0.360 e. The van der Waals surface area contributed by atoms with Gasteiger partial charge in [0, 0.05) is 28.0 Å². The number of allylic oxidation sites excluding steroid dienone is 1. The van der Waals surface area contributed by atoms with Crippen LogP contribution in [0.25, 0.3) is 38.6 Å². The fourth-order valence-corrected chi connectivity index (χ4v) is 5.22. The molecule has 3 aromatic carbocycles. The van der Waals surface area contributed by atoms with Gasteiger partial charge in [-0.2, -0.15) is 0 Å². The summed E-state index contributed by atoms with van der Waals surface area (Å²) in [5, 5.41) is 2.47. The van der Waals surface area contributed by atoms with Crippen LogP contribution >= 0.6 is 0 Å². The van der Waals surface area contributed by atoms with Gasteiger partial charge >= 0.3 is 0 Å². The predicted octanol–water partition coefficient (Wildman–Crippen LogP) is 9.16. The third kappa shape index (κ3) is 4.86. The first-order chi connectivity index (χ1) is 17.4. The molecule has 5 aromatic rings. The molecule has 0 fully saturated rings. The fourth-order valence-electron chi connectivity index (χ4n) is 5.22. The Morgan fingerprint density at radius 2 is 1.56 bits per heavy atom. The summed E-state index contributed by atoms with van der Waals surface area (Å²) in [6.07, 6.45) is 8.16. The summed E-state index contributed by atoms with van der Waals surface area (Å²) in [6.45, 7) is 12.8. The standard InChI is InChI=1S/C25H24N2.C9H12/c1-15(2)19-13-25(22-14-26-23-9-8-16(3)10-20(22)23)27-24-12-18-7-5-4-6-17(18)11-21(19)24;1-3-9-6-4-8(2)5-7-9/h8-14,26H,1,4-7H2,2-3H3;4-7H,3H2,1-2H3. The quantitative estimate of drug-likeness (QED) is 0.278. The predicted molar refractivity (Wildman–Crippen MR) is 156 cm³/mol. The van der Waals surface area contributed by atoms with E-state index in [1.54, 1.807) is 0 Å². The summed E-state index contributed by atoms with van der Waals surface area (Å²) in [7, 11) is 0. The first-order valence-electron chi connectivity index (χ1n) is 13.2. The van der Waals surface area contributed by atoms with E-state index in [-0.39, 0.29) is 0 Å². The summed E-state index contributed by atoms with van der Waals surface area (Å²) >= 11 is 0. The molecule has 0 spiro atoms. The topological polar surface area (TPSA) is 28.7 Å². The molecule has 6 rings (SSSR count). The smallest absolute Gasteiger partial charge is 0.0737 e. The molecular formula is C34H36N2. The molecule has 182 valence electrons. The van der Waals surface area contributed by atoms with E-state index in [4.69, 9.17) is 4.98 Å². The van der Waals surface area contributed by atoms with Crippen molar-refractivity contribution in [3.63, 3.8) is 0 Å². The van der Waals surface area contributed by atoms with Gasteiger partial charge in [-0.1, -0.05) is 60.5 Å². The summed E-state index contributed by atoms with van der Waals surface area (Å²) in [5.41, 5.74) is 13.7. The summed E-state index contributed by atoms with van der Waals surface area (Å²) in [6, 6.07) is 22.1. The third-order valence-corrected chi connectivity index (χ3v) is 7.37. The number of hydrogen-bond donors (Lipinski definition) is 1. The molecule has 0 saturated heterocycles. The lowest BCUT2D eigenvalue weighted by Gasteiger charge is -2.18. The zero-order valence-corrected chi connectivity index (χ0v) is 22.0. The van der Waals surface area contributed by atoms with Crippen LogP contribution in [0.1, 0.15) is 60.1 Å². The van der Waals surface area contributed by atoms with Gasteiger partial charge in [-0.15, -0.1) is 0 Å². The summed E-state index contributed by atoms with van der Waals surface area (Å²) in [5.74, 6) is 0. The van der Waals surface area contributed by atoms with E-state index in [9.17, 15) is 0 Å². The largest absolute Gasteiger partial charge is 0.360 e. The van der Waals surface area contributed by atoms with Crippen LogP contribution in [0.15, 0.2) is 73.4 Å². The van der Waals surface area contributed by atoms with Gasteiger partial charge in [-0.05, 0) is 105 Å². The van der Waals surface area contributed by atoms with Crippen LogP contribution in [0.4, 0.5) is 0 Å². The van der Waals surface area contributed by atoms with Gasteiger partial charge in [0.15, 0.2) is 0 Å². The fraction of sp³-hybridized carbons (Fsp3) is 0.265. The number of pyridine rings is 1. The maximum Gasteiger partial charge on any atom is 0.0737 e. The number of fused-ring (bicyclic) bond motifs is 3. The molecule has 1 aliphatic carbocycles. The number of benzene rings is 3. The molecule has 0 radical (unpaired) electrons. The highest BCUT2D eigenvalue weighted by atomic mass is 14.7. The lowest BCUT2D eigenvalue weighted by molar-refractivity contribution is 0.687. The molecule has 1 N–H and O–H groups in total. The normalized spacial score (nSPS) is 12.8. The Labute approximate surface area is 215 Å². The van der Waals surface area contributed by atoms with Crippen LogP contribution in [-0.2, 0) is 19.3 Å². The Morgan fingerprint density at radius 1 is 0.861 bits per heavy atom. The molecule has 2 nitrogen and oxygen atoms in total. The van der Waals surface area contributed by atoms with E-state index in [0.717, 1.165) is 34.3 Å². The van der Waals surface area contributed by atoms with Crippen molar-refractivity contribution in [2.24, 2.45) is 0 Å². The van der Waals surface area contributed by atoms with E-state index in [0.29, 0.717) is 0 Å². The van der Waals surface area contributed by atoms with Crippen molar-refractivity contribution in [1.82, 2.24) is 9.97 Å². The van der Waals surface area contributed by atoms with Crippen molar-refractivity contribution in [1.29, 1.82) is 0 Å². The molecular weight excluding hydrogens is 436 g/mol. The highest BCUT2D eigenvalue weighted by molar-refractivity contribution is 5.99. The Balaban J connectivity index is 0.000000252. The number of aryl methyl sites for hydroxylation is 5. The average Bonchev–Trinajstić information content (AvgIpc) is 3.30. The minimum absolute atomic E-state index is 1.02. The Morgan fingerprint density at radius 3 is 2.25 bits per heavy atom. The van der Waals surface area contributed by atoms with Crippen LogP contribution < -0.4 is 0 Å². The number of hydrogen-bond acceptors (Lipinski definition) is 1. The molecule has 2 heteroatoms. The zero-order chi connectivity index (χ0) is 25.2. The summed E-state index contributed by atoms with van der Waals surface area (Å²) in [4.78, 5) is 8.49. The van der Waals surface area contributed by atoms with E-state index in [1.165, 1.54) is 69.8 Å². The van der Waals surface area contributed by atoms with E-state index in [1.807, 2.05) is 0 Å². The summed E-state index contributed by atoms with van der Waals surface area (Å²) < 4.78 is 0. The lowest BCUT2D eigenvalue weighted by Crippen LogP contribution is -2.03. The van der Waals surface area contributed by atoms with Crippen LogP contribution in [0, 0.1) is 13.8 Å². The van der Waals surface area contributed by atoms with E-state index < -0.39 is 0 Å². The number of nitrogens with one attached hydrogen (secondary N) is 1. The average molecular weight is 473 g/mol. The number of aromatic nitrogens is 2. The molecule has 0 bridgehead atoms. The van der Waals surface area contributed by atoms with Crippen LogP contribution in [0.2, 0.25) is 0 Å². The van der Waals surface area contributed by atoms with E-state index >= 15 is 0 Å². The number of aromatic amines is 1. The lowest BCUT2D eigenvalue weighted by atomic mass is 9.88. The first kappa shape index (κ1) is 24.1. The van der Waals surface area contributed by atoms with E-state index in [2.05, 4.69) is 106 Å². The zero-order valence-electron chi connectivity index (χ0n) is 22.0. The first-order valence-corrected chi connectivity index (χ1v) is 13.2. The molecule has 0 saturated carbocycles. The van der Waals surface area contributed by atoms with Gasteiger partial charge in [0.1, 0.15) is 0 Å². The number of H-pyrrole nitrogens is 1. The van der Waals surface area contributed by atoms with Crippen molar-refractivity contribution in [3.05, 3.63) is 107 Å². The van der Waals surface area contributed by atoms with Crippen molar-refractivity contribution in [3.8, 4) is 11.3 Å². The highest BCUT2D eigenvalue weighted by Gasteiger charge is 2.16. The highest BCUT2D eigenvalue weighted by Crippen LogP contribution is 2.35. The second-order valence-corrected chi connectivity index (χ2v) is 10.3. The van der Waals surface area contributed by atoms with Gasteiger partial charge in [0.05, 0.1) is 11.2 Å². The Kier molecular flexibility index (Phi) is 6.78. The van der Waals surface area contributed by atoms with Crippen LogP contribution in [0.5, 0.6) is 0 Å². The van der Waals surface area contributed by atoms with Gasteiger partial charge in [-0.3, -0.25) is 0 Å². The van der Waals surface area contributed by atoms with Crippen molar-refractivity contribution < 1.29 is 0 Å². The Bertz CT molecular complexity index is 1550. The van der Waals surface area contributed by atoms with Crippen molar-refractivity contribution in [2.75, 3.05) is 0 Å². The number of nitrogens with zero attached hydrogens (tertiary/aromatic N) is 1. The SMILES string of the molecule is C=C(C)c1cc(-c2c[nH]c3ccc(C)cc23)nc2cc3c(cc12)CCCC3.CCc1ccc(C)cc1. The van der Waals surface area contributed by atoms with Gasteiger partial charge in [-0.25, -0.2) is 4.98 Å². The second kappa shape index (κ2) is 10.1. The van der Waals surface area contributed by atoms with Crippen molar-refractivity contribution >= 4 is 27.4 Å². The van der Waals surface area contributed by atoms with Crippen molar-refractivity contribution in [2.45, 2.75) is 59.8 Å². The van der Waals surface area contributed by atoms with Crippen LogP contribution in [0.3, 0.4) is 0 Å². The maximum atomic E-state index is 5.09. The monoisotopic (exact) mass is 472 g/mol. The van der Waals surface area contributed by atoms with Gasteiger partial charge in [0.25, 0.3) is 0 Å². The maximum absolute atomic E-state index is 5.09.